The third-order valence-electron chi connectivity index (χ3n) is 3.53. The van der Waals surface area contributed by atoms with Crippen LogP contribution in [0.15, 0.2) is 17.5 Å². The number of aromatic nitrogens is 3. The van der Waals surface area contributed by atoms with Gasteiger partial charge in [0.05, 0.1) is 18.5 Å². The maximum atomic E-state index is 11.7. The second kappa shape index (κ2) is 6.95. The molecule has 0 aromatic carbocycles. The molecule has 1 aliphatic rings. The first-order chi connectivity index (χ1) is 10.7. The van der Waals surface area contributed by atoms with E-state index in [1.54, 1.807) is 23.1 Å². The molecule has 118 valence electrons. The standard InChI is InChI=1S/C13H16N4O2S3/c1-19-12(18)10-7-16(4-6-22-10)8-17-13(20)14-11(15-17)9-3-2-5-21-9/h2-3,5,10H,4,6-8H2,1H3,(H,14,15,20)/p+1/t10-/m0/s1. The van der Waals surface area contributed by atoms with Gasteiger partial charge in [-0.25, -0.2) is 4.68 Å². The van der Waals surface area contributed by atoms with Crippen LogP contribution in [0.1, 0.15) is 0 Å². The smallest absolute Gasteiger partial charge is 0.324 e. The number of thioether (sulfide) groups is 1. The van der Waals surface area contributed by atoms with Crippen LogP contribution in [0, 0.1) is 4.77 Å². The molecule has 9 heteroatoms. The summed E-state index contributed by atoms with van der Waals surface area (Å²) in [6.07, 6.45) is 0. The zero-order valence-corrected chi connectivity index (χ0v) is 14.5. The van der Waals surface area contributed by atoms with Crippen LogP contribution in [-0.4, -0.2) is 51.9 Å². The largest absolute Gasteiger partial charge is 0.468 e. The van der Waals surface area contributed by atoms with Gasteiger partial charge < -0.3 is 9.64 Å². The molecular weight excluding hydrogens is 340 g/mol. The van der Waals surface area contributed by atoms with Crippen molar-refractivity contribution in [3.05, 3.63) is 22.3 Å². The number of H-pyrrole nitrogens is 1. The van der Waals surface area contributed by atoms with Gasteiger partial charge in [0.15, 0.2) is 17.7 Å². The van der Waals surface area contributed by atoms with Gasteiger partial charge in [0.2, 0.25) is 4.77 Å². The van der Waals surface area contributed by atoms with Gasteiger partial charge in [-0.1, -0.05) is 6.07 Å². The number of aromatic amines is 1. The fraction of sp³-hybridized carbons (Fsp3) is 0.462. The van der Waals surface area contributed by atoms with Gasteiger partial charge in [-0.15, -0.1) is 23.1 Å². The Kier molecular flexibility index (Phi) is 4.97. The van der Waals surface area contributed by atoms with Crippen LogP contribution in [0.25, 0.3) is 10.7 Å². The number of esters is 1. The molecule has 1 unspecified atom stereocenters. The van der Waals surface area contributed by atoms with Gasteiger partial charge in [-0.3, -0.25) is 9.89 Å². The van der Waals surface area contributed by atoms with Crippen LogP contribution in [0.4, 0.5) is 0 Å². The highest BCUT2D eigenvalue weighted by atomic mass is 32.2. The molecule has 0 amide bonds. The van der Waals surface area contributed by atoms with Crippen molar-refractivity contribution in [1.82, 2.24) is 14.8 Å². The summed E-state index contributed by atoms with van der Waals surface area (Å²) in [6.45, 7) is 2.42. The summed E-state index contributed by atoms with van der Waals surface area (Å²) in [5, 5.41) is 5.18. The van der Waals surface area contributed by atoms with E-state index in [0.29, 0.717) is 11.4 Å². The Labute approximate surface area is 141 Å². The van der Waals surface area contributed by atoms with E-state index < -0.39 is 0 Å². The molecule has 0 bridgehead atoms. The summed E-state index contributed by atoms with van der Waals surface area (Å²) in [6, 6.07) is 4.00. The highest BCUT2D eigenvalue weighted by molar-refractivity contribution is 8.00. The number of thiophene rings is 1. The van der Waals surface area contributed by atoms with Gasteiger partial charge in [-0.2, -0.15) is 4.98 Å². The molecule has 2 N–H and O–H groups in total. The van der Waals surface area contributed by atoms with Crippen LogP contribution >= 0.6 is 35.3 Å². The van der Waals surface area contributed by atoms with E-state index in [-0.39, 0.29) is 11.2 Å². The predicted octanol–water partition coefficient (Wildman–Crippen LogP) is 0.800. The normalized spacial score (nSPS) is 21.7. The molecule has 1 fully saturated rings. The topological polar surface area (TPSA) is 64.3 Å². The highest BCUT2D eigenvalue weighted by Gasteiger charge is 2.30. The first kappa shape index (κ1) is 15.7. The molecule has 0 aliphatic carbocycles. The van der Waals surface area contributed by atoms with Crippen LogP contribution in [0.5, 0.6) is 0 Å². The van der Waals surface area contributed by atoms with Gasteiger partial charge in [0.25, 0.3) is 0 Å². The van der Waals surface area contributed by atoms with E-state index in [4.69, 9.17) is 17.0 Å². The molecule has 0 saturated carbocycles. The summed E-state index contributed by atoms with van der Waals surface area (Å²) in [7, 11) is 1.44. The number of nitrogens with one attached hydrogen (secondary N) is 2. The molecule has 1 saturated heterocycles. The van der Waals surface area contributed by atoms with Crippen LogP contribution in [0.3, 0.4) is 0 Å². The summed E-state index contributed by atoms with van der Waals surface area (Å²) < 4.78 is 7.27. The monoisotopic (exact) mass is 357 g/mol. The van der Waals surface area contributed by atoms with Gasteiger partial charge in [-0.05, 0) is 23.7 Å². The number of carbonyl (C=O) groups is 1. The third-order valence-corrected chi connectivity index (χ3v) is 5.92. The second-order valence-electron chi connectivity index (χ2n) is 5.00. The molecule has 22 heavy (non-hydrogen) atoms. The zero-order chi connectivity index (χ0) is 15.5. The lowest BCUT2D eigenvalue weighted by atomic mass is 10.3. The number of nitrogens with zero attached hydrogens (tertiary/aromatic N) is 2. The average Bonchev–Trinajstić information content (AvgIpc) is 3.17. The van der Waals surface area contributed by atoms with E-state index in [1.807, 2.05) is 22.2 Å². The molecule has 6 nitrogen and oxygen atoms in total. The van der Waals surface area contributed by atoms with Crippen molar-refractivity contribution in [2.45, 2.75) is 11.9 Å². The summed E-state index contributed by atoms with van der Waals surface area (Å²) in [5.74, 6) is 1.60. The average molecular weight is 358 g/mol. The maximum absolute atomic E-state index is 11.7. The minimum absolute atomic E-state index is 0.0948. The Morgan fingerprint density at radius 1 is 1.68 bits per heavy atom. The quantitative estimate of drug-likeness (QED) is 0.626. The van der Waals surface area contributed by atoms with Crippen molar-refractivity contribution in [3.63, 3.8) is 0 Å². The minimum Gasteiger partial charge on any atom is -0.468 e. The maximum Gasteiger partial charge on any atom is 0.324 e. The summed E-state index contributed by atoms with van der Waals surface area (Å²) >= 11 is 8.62. The SMILES string of the molecule is COC(=O)[C@@H]1C[NH+](Cn2[nH]c(-c3cccs3)nc2=S)CCS1. The Morgan fingerprint density at radius 2 is 2.55 bits per heavy atom. The lowest BCUT2D eigenvalue weighted by Crippen LogP contribution is -3.14. The molecule has 1 aliphatic heterocycles. The fourth-order valence-corrected chi connectivity index (χ4v) is 4.55. The van der Waals surface area contributed by atoms with E-state index in [0.717, 1.165) is 29.5 Å². The van der Waals surface area contributed by atoms with Crippen LogP contribution in [0.2, 0.25) is 0 Å². The van der Waals surface area contributed by atoms with Crippen molar-refractivity contribution in [3.8, 4) is 10.7 Å². The number of rotatable bonds is 4. The number of ether oxygens (including phenoxy) is 1. The molecule has 2 aromatic rings. The first-order valence-electron chi connectivity index (χ1n) is 6.91. The minimum atomic E-state index is -0.144. The number of methoxy groups -OCH3 is 1. The zero-order valence-electron chi connectivity index (χ0n) is 12.1. The van der Waals surface area contributed by atoms with Crippen molar-refractivity contribution in [1.29, 1.82) is 0 Å². The van der Waals surface area contributed by atoms with E-state index in [1.165, 1.54) is 12.0 Å². The van der Waals surface area contributed by atoms with Crippen LogP contribution < -0.4 is 4.90 Å². The molecule has 0 radical (unpaired) electrons. The highest BCUT2D eigenvalue weighted by Crippen LogP contribution is 2.20. The lowest BCUT2D eigenvalue weighted by molar-refractivity contribution is -0.921. The van der Waals surface area contributed by atoms with E-state index in [2.05, 4.69) is 10.1 Å². The number of hydrogen-bond acceptors (Lipinski definition) is 6. The Hall–Kier alpha value is -1.16. The molecular formula is C13H17N4O2S3+. The molecule has 2 aromatic heterocycles. The van der Waals surface area contributed by atoms with Gasteiger partial charge >= 0.3 is 5.97 Å². The van der Waals surface area contributed by atoms with Crippen molar-refractivity contribution < 1.29 is 14.4 Å². The fourth-order valence-electron chi connectivity index (χ4n) is 2.41. The molecule has 3 rings (SSSR count). The summed E-state index contributed by atoms with van der Waals surface area (Å²) in [5.41, 5.74) is 0. The molecule has 0 spiro atoms. The van der Waals surface area contributed by atoms with Crippen molar-refractivity contribution in [2.75, 3.05) is 26.0 Å². The number of hydrogen-bond donors (Lipinski definition) is 2. The predicted molar refractivity (Wildman–Crippen MR) is 89.7 cm³/mol. The van der Waals surface area contributed by atoms with Gasteiger partial charge in [0.1, 0.15) is 6.54 Å². The van der Waals surface area contributed by atoms with Crippen molar-refractivity contribution in [2.24, 2.45) is 0 Å². The second-order valence-corrected chi connectivity index (χ2v) is 7.63. The number of quaternary nitrogens is 1. The Balaban J connectivity index is 1.71. The molecule has 2 atom stereocenters. The van der Waals surface area contributed by atoms with E-state index >= 15 is 0 Å². The Morgan fingerprint density at radius 3 is 3.27 bits per heavy atom. The van der Waals surface area contributed by atoms with E-state index in [9.17, 15) is 4.79 Å². The molecule has 3 heterocycles. The van der Waals surface area contributed by atoms with Crippen LogP contribution in [-0.2, 0) is 16.2 Å². The third kappa shape index (κ3) is 3.43. The lowest BCUT2D eigenvalue weighted by Gasteiger charge is -2.27. The Bertz CT molecular complexity index is 694. The number of carbonyl (C=O) groups excluding carboxylic acids is 1. The first-order valence-corrected chi connectivity index (χ1v) is 9.25. The van der Waals surface area contributed by atoms with Crippen molar-refractivity contribution >= 4 is 41.3 Å². The summed E-state index contributed by atoms with van der Waals surface area (Å²) in [4.78, 5) is 18.5. The van der Waals surface area contributed by atoms with Gasteiger partial charge in [0, 0.05) is 5.75 Å².